The smallest absolute Gasteiger partial charge is 0.218 e. The fraction of sp³-hybridized carbons (Fsp3) is 0.0800. The van der Waals surface area contributed by atoms with E-state index in [0.29, 0.717) is 29.2 Å². The van der Waals surface area contributed by atoms with E-state index < -0.39 is 0 Å². The first kappa shape index (κ1) is 21.4. The van der Waals surface area contributed by atoms with Crippen LogP contribution in [-0.2, 0) is 7.05 Å². The number of nitrogens with one attached hydrogen (secondary N) is 1. The summed E-state index contributed by atoms with van der Waals surface area (Å²) in [6.07, 6.45) is 14.1. The molecule has 11 nitrogen and oxygen atoms in total. The highest BCUT2D eigenvalue weighted by Gasteiger charge is 2.22. The Labute approximate surface area is 205 Å². The lowest BCUT2D eigenvalue weighted by Crippen LogP contribution is -2.07. The minimum Gasteiger partial charge on any atom is -0.481 e. The van der Waals surface area contributed by atoms with Gasteiger partial charge in [0, 0.05) is 78.7 Å². The predicted molar refractivity (Wildman–Crippen MR) is 134 cm³/mol. The largest absolute Gasteiger partial charge is 0.481 e. The van der Waals surface area contributed by atoms with Crippen molar-refractivity contribution in [2.45, 2.75) is 0 Å². The van der Waals surface area contributed by atoms with E-state index in [1.807, 2.05) is 65.2 Å². The molecule has 6 rings (SSSR count). The second kappa shape index (κ2) is 8.87. The predicted octanol–water partition coefficient (Wildman–Crippen LogP) is 3.80. The summed E-state index contributed by atoms with van der Waals surface area (Å²) >= 11 is 0. The zero-order valence-corrected chi connectivity index (χ0v) is 19.4. The maximum absolute atomic E-state index is 5.28. The summed E-state index contributed by atoms with van der Waals surface area (Å²) in [7, 11) is 3.46. The van der Waals surface area contributed by atoms with Gasteiger partial charge in [0.15, 0.2) is 11.6 Å². The van der Waals surface area contributed by atoms with Crippen LogP contribution < -0.4 is 10.1 Å². The minimum absolute atomic E-state index is 0.431. The molecule has 0 atom stereocenters. The number of pyridine rings is 2. The van der Waals surface area contributed by atoms with Crippen LogP contribution in [0.4, 0.5) is 11.6 Å². The molecule has 1 N–H and O–H groups in total. The van der Waals surface area contributed by atoms with Gasteiger partial charge in [0.05, 0.1) is 7.11 Å². The molecule has 11 heteroatoms. The van der Waals surface area contributed by atoms with Gasteiger partial charge in [-0.1, -0.05) is 12.1 Å². The van der Waals surface area contributed by atoms with E-state index in [1.54, 1.807) is 31.8 Å². The standard InChI is InChI=1S/C25H20N10O/c1-34-10-9-28-25(34)24-32-23(31-19-11-20(36-2)30-15-29-19)22-21(17-6-4-8-27-13-17)18(14-35(22)33-24)16-5-3-7-26-12-16/h3-15H,1-2H3,(H,29,30,31,32,33). The third-order valence-electron chi connectivity index (χ3n) is 5.67. The van der Waals surface area contributed by atoms with E-state index in [9.17, 15) is 0 Å². The molecule has 0 radical (unpaired) electrons. The number of aryl methyl sites for hydroxylation is 1. The summed E-state index contributed by atoms with van der Waals surface area (Å²) in [6, 6.07) is 9.52. The van der Waals surface area contributed by atoms with Crippen molar-refractivity contribution in [1.29, 1.82) is 0 Å². The van der Waals surface area contributed by atoms with Gasteiger partial charge in [-0.15, -0.1) is 5.10 Å². The maximum atomic E-state index is 5.28. The molecule has 0 amide bonds. The zero-order chi connectivity index (χ0) is 24.5. The second-order valence-corrected chi connectivity index (χ2v) is 7.91. The topological polar surface area (TPSA) is 121 Å². The molecule has 0 aliphatic rings. The van der Waals surface area contributed by atoms with Crippen LogP contribution in [0, 0.1) is 0 Å². The molecule has 6 aromatic rings. The molecule has 0 saturated heterocycles. The van der Waals surface area contributed by atoms with Crippen molar-refractivity contribution in [2.75, 3.05) is 12.4 Å². The number of nitrogens with zero attached hydrogens (tertiary/aromatic N) is 9. The molecule has 6 aromatic heterocycles. The number of anilines is 2. The molecule has 0 unspecified atom stereocenters. The van der Waals surface area contributed by atoms with Crippen molar-refractivity contribution in [2.24, 2.45) is 7.05 Å². The number of aromatic nitrogens is 9. The Hall–Kier alpha value is -5.19. The molecule has 0 bridgehead atoms. The van der Waals surface area contributed by atoms with Gasteiger partial charge >= 0.3 is 0 Å². The highest BCUT2D eigenvalue weighted by molar-refractivity contribution is 5.99. The van der Waals surface area contributed by atoms with E-state index >= 15 is 0 Å². The van der Waals surface area contributed by atoms with Crippen molar-refractivity contribution in [3.8, 4) is 39.8 Å². The van der Waals surface area contributed by atoms with E-state index in [1.165, 1.54) is 6.33 Å². The van der Waals surface area contributed by atoms with Gasteiger partial charge in [0.25, 0.3) is 0 Å². The summed E-state index contributed by atoms with van der Waals surface area (Å²) in [4.78, 5) is 26.5. The number of hydrogen-bond acceptors (Lipinski definition) is 9. The number of imidazole rings is 1. The van der Waals surface area contributed by atoms with E-state index in [4.69, 9.17) is 14.8 Å². The van der Waals surface area contributed by atoms with Crippen LogP contribution >= 0.6 is 0 Å². The first-order chi connectivity index (χ1) is 17.7. The third-order valence-corrected chi connectivity index (χ3v) is 5.67. The molecule has 0 aromatic carbocycles. The van der Waals surface area contributed by atoms with Crippen LogP contribution in [0.3, 0.4) is 0 Å². The Morgan fingerprint density at radius 3 is 2.44 bits per heavy atom. The minimum atomic E-state index is 0.431. The summed E-state index contributed by atoms with van der Waals surface area (Å²) in [5, 5.41) is 8.17. The van der Waals surface area contributed by atoms with Gasteiger partial charge in [0.2, 0.25) is 11.7 Å². The first-order valence-corrected chi connectivity index (χ1v) is 11.1. The Bertz CT molecular complexity index is 1660. The number of methoxy groups -OCH3 is 1. The average molecular weight is 477 g/mol. The van der Waals surface area contributed by atoms with E-state index in [0.717, 1.165) is 27.8 Å². The average Bonchev–Trinajstić information content (AvgIpc) is 3.53. The Morgan fingerprint density at radius 2 is 1.75 bits per heavy atom. The van der Waals surface area contributed by atoms with E-state index in [2.05, 4.69) is 30.2 Å². The van der Waals surface area contributed by atoms with Crippen LogP contribution in [0.2, 0.25) is 0 Å². The van der Waals surface area contributed by atoms with Crippen LogP contribution in [0.1, 0.15) is 0 Å². The summed E-state index contributed by atoms with van der Waals surface area (Å²) in [5.74, 6) is 2.57. The monoisotopic (exact) mass is 476 g/mol. The number of rotatable bonds is 6. The lowest BCUT2D eigenvalue weighted by atomic mass is 10.00. The summed E-state index contributed by atoms with van der Waals surface area (Å²) in [6.45, 7) is 0. The van der Waals surface area contributed by atoms with Crippen molar-refractivity contribution >= 4 is 17.2 Å². The normalized spacial score (nSPS) is 11.1. The fourth-order valence-corrected chi connectivity index (χ4v) is 4.03. The second-order valence-electron chi connectivity index (χ2n) is 7.91. The van der Waals surface area contributed by atoms with Crippen LogP contribution in [0.5, 0.6) is 5.88 Å². The maximum Gasteiger partial charge on any atom is 0.218 e. The van der Waals surface area contributed by atoms with Crippen molar-refractivity contribution in [3.63, 3.8) is 0 Å². The highest BCUT2D eigenvalue weighted by Crippen LogP contribution is 2.39. The lowest BCUT2D eigenvalue weighted by Gasteiger charge is -2.12. The SMILES string of the molecule is COc1cc(Nc2nc(-c3nccn3C)nn3cc(-c4cccnc4)c(-c4cccnc4)c23)ncn1. The molecule has 0 aliphatic heterocycles. The molecule has 36 heavy (non-hydrogen) atoms. The number of ether oxygens (including phenoxy) is 1. The van der Waals surface area contributed by atoms with Crippen LogP contribution in [0.25, 0.3) is 39.4 Å². The van der Waals surface area contributed by atoms with E-state index in [-0.39, 0.29) is 0 Å². The molecular weight excluding hydrogens is 456 g/mol. The zero-order valence-electron chi connectivity index (χ0n) is 19.4. The summed E-state index contributed by atoms with van der Waals surface area (Å²) < 4.78 is 8.95. The van der Waals surface area contributed by atoms with Gasteiger partial charge in [0.1, 0.15) is 17.7 Å². The van der Waals surface area contributed by atoms with Crippen molar-refractivity contribution in [1.82, 2.24) is 44.1 Å². The van der Waals surface area contributed by atoms with Gasteiger partial charge in [-0.2, -0.15) is 0 Å². The van der Waals surface area contributed by atoms with Gasteiger partial charge < -0.3 is 14.6 Å². The Balaban J connectivity index is 1.66. The van der Waals surface area contributed by atoms with Crippen LogP contribution in [0.15, 0.2) is 80.0 Å². The Morgan fingerprint density at radius 1 is 0.944 bits per heavy atom. The molecule has 0 aliphatic carbocycles. The quantitative estimate of drug-likeness (QED) is 0.383. The molecular formula is C25H20N10O. The number of fused-ring (bicyclic) bond motifs is 1. The number of hydrogen-bond donors (Lipinski definition) is 1. The van der Waals surface area contributed by atoms with Crippen molar-refractivity contribution < 1.29 is 4.74 Å². The molecule has 6 heterocycles. The molecule has 176 valence electrons. The van der Waals surface area contributed by atoms with Gasteiger partial charge in [-0.3, -0.25) is 9.97 Å². The Kier molecular flexibility index (Phi) is 5.26. The lowest BCUT2D eigenvalue weighted by molar-refractivity contribution is 0.397. The molecule has 0 saturated carbocycles. The highest BCUT2D eigenvalue weighted by atomic mass is 16.5. The van der Waals surface area contributed by atoms with Crippen LogP contribution in [-0.4, -0.2) is 51.2 Å². The van der Waals surface area contributed by atoms with Crippen molar-refractivity contribution in [3.05, 3.63) is 80.0 Å². The third kappa shape index (κ3) is 3.78. The first-order valence-electron chi connectivity index (χ1n) is 11.1. The summed E-state index contributed by atoms with van der Waals surface area (Å²) in [5.41, 5.74) is 4.44. The van der Waals surface area contributed by atoms with Gasteiger partial charge in [-0.25, -0.2) is 24.5 Å². The molecule has 0 fully saturated rings. The van der Waals surface area contributed by atoms with Gasteiger partial charge in [-0.05, 0) is 12.1 Å². The fourth-order valence-electron chi connectivity index (χ4n) is 4.03. The molecule has 0 spiro atoms.